The van der Waals surface area contributed by atoms with E-state index in [0.717, 1.165) is 11.1 Å². The first-order valence-corrected chi connectivity index (χ1v) is 4.18. The predicted molar refractivity (Wildman–Crippen MR) is 57.0 cm³/mol. The Bertz CT molecular complexity index is 175. The molecular weight excluding hydrogens is 220 g/mol. The van der Waals surface area contributed by atoms with Crippen molar-refractivity contribution in [2.45, 2.75) is 5.33 Å². The third-order valence-electron chi connectivity index (χ3n) is 1.31. The van der Waals surface area contributed by atoms with Crippen LogP contribution >= 0.6 is 15.9 Å². The molecule has 0 spiro atoms. The largest absolute Gasteiger partial charge is 0.497 e. The monoisotopic (exact) mass is 232 g/mol. The van der Waals surface area contributed by atoms with Gasteiger partial charge >= 0.3 is 0 Å². The molecular formula is C8H13BrOSi. The lowest BCUT2D eigenvalue weighted by atomic mass is 10.2. The van der Waals surface area contributed by atoms with Crippen LogP contribution in [0.4, 0.5) is 0 Å². The summed E-state index contributed by atoms with van der Waals surface area (Å²) in [7, 11) is 1.67. The van der Waals surface area contributed by atoms with Crippen molar-refractivity contribution in [3.63, 3.8) is 0 Å². The number of hydrogen-bond acceptors (Lipinski definition) is 1. The van der Waals surface area contributed by atoms with Gasteiger partial charge in [-0.05, 0) is 28.7 Å². The zero-order chi connectivity index (χ0) is 7.40. The molecule has 3 heteroatoms. The van der Waals surface area contributed by atoms with Crippen molar-refractivity contribution in [1.82, 2.24) is 0 Å². The van der Waals surface area contributed by atoms with E-state index in [1.54, 1.807) is 7.11 Å². The lowest BCUT2D eigenvalue weighted by molar-refractivity contribution is 0.414. The molecule has 0 radical (unpaired) electrons. The number of alkyl halides is 1. The second-order valence-corrected chi connectivity index (χ2v) is 2.54. The lowest BCUT2D eigenvalue weighted by Gasteiger charge is -1.98. The Morgan fingerprint density at radius 2 is 1.82 bits per heavy atom. The Kier molecular flexibility index (Phi) is 5.24. The molecule has 0 amide bonds. The van der Waals surface area contributed by atoms with E-state index in [-0.39, 0.29) is 11.0 Å². The van der Waals surface area contributed by atoms with Crippen molar-refractivity contribution in [2.24, 2.45) is 0 Å². The van der Waals surface area contributed by atoms with Gasteiger partial charge in [0, 0.05) is 5.33 Å². The number of hydrogen-bond donors (Lipinski definition) is 0. The van der Waals surface area contributed by atoms with Gasteiger partial charge in [-0.25, -0.2) is 0 Å². The van der Waals surface area contributed by atoms with Gasteiger partial charge in [0.05, 0.1) is 7.11 Å². The summed E-state index contributed by atoms with van der Waals surface area (Å²) in [5.41, 5.74) is 1.26. The van der Waals surface area contributed by atoms with Crippen LogP contribution in [0.15, 0.2) is 24.3 Å². The fourth-order valence-corrected chi connectivity index (χ4v) is 1.09. The molecule has 0 unspecified atom stereocenters. The number of benzene rings is 1. The van der Waals surface area contributed by atoms with Crippen molar-refractivity contribution >= 4 is 26.9 Å². The first-order chi connectivity index (χ1) is 4.86. The smallest absolute Gasteiger partial charge is 0.118 e. The van der Waals surface area contributed by atoms with Crippen molar-refractivity contribution < 1.29 is 4.74 Å². The first-order valence-electron chi connectivity index (χ1n) is 3.05. The van der Waals surface area contributed by atoms with Crippen molar-refractivity contribution in [1.29, 1.82) is 0 Å². The molecule has 0 N–H and O–H groups in total. The van der Waals surface area contributed by atoms with Crippen LogP contribution in [-0.4, -0.2) is 18.1 Å². The minimum absolute atomic E-state index is 0. The molecule has 0 aliphatic heterocycles. The van der Waals surface area contributed by atoms with Crippen LogP contribution in [0.1, 0.15) is 5.56 Å². The summed E-state index contributed by atoms with van der Waals surface area (Å²) in [4.78, 5) is 0. The minimum atomic E-state index is 0. The average Bonchev–Trinajstić information content (AvgIpc) is 2.05. The van der Waals surface area contributed by atoms with Gasteiger partial charge in [0.15, 0.2) is 0 Å². The summed E-state index contributed by atoms with van der Waals surface area (Å²) in [6, 6.07) is 7.98. The highest BCUT2D eigenvalue weighted by Crippen LogP contribution is 2.12. The van der Waals surface area contributed by atoms with Gasteiger partial charge in [-0.2, -0.15) is 0 Å². The molecule has 0 atom stereocenters. The SMILES string of the molecule is COc1ccc(CBr)cc1.[SiH4]. The molecule has 0 saturated heterocycles. The molecule has 1 rings (SSSR count). The Balaban J connectivity index is 0.000001000. The third kappa shape index (κ3) is 3.08. The van der Waals surface area contributed by atoms with E-state index >= 15 is 0 Å². The quantitative estimate of drug-likeness (QED) is 0.549. The highest BCUT2D eigenvalue weighted by atomic mass is 79.9. The molecule has 1 aromatic carbocycles. The van der Waals surface area contributed by atoms with Gasteiger partial charge in [0.1, 0.15) is 5.75 Å². The van der Waals surface area contributed by atoms with Gasteiger partial charge in [0.25, 0.3) is 0 Å². The summed E-state index contributed by atoms with van der Waals surface area (Å²) in [5, 5.41) is 0.900. The van der Waals surface area contributed by atoms with Crippen molar-refractivity contribution in [3.8, 4) is 5.75 Å². The molecule has 11 heavy (non-hydrogen) atoms. The topological polar surface area (TPSA) is 9.23 Å². The first kappa shape index (κ1) is 10.7. The van der Waals surface area contributed by atoms with Crippen molar-refractivity contribution in [2.75, 3.05) is 7.11 Å². The molecule has 1 nitrogen and oxygen atoms in total. The number of rotatable bonds is 2. The van der Waals surface area contributed by atoms with Gasteiger partial charge < -0.3 is 4.74 Å². The summed E-state index contributed by atoms with van der Waals surface area (Å²) in [6.45, 7) is 0. The van der Waals surface area contributed by atoms with Crippen LogP contribution in [-0.2, 0) is 5.33 Å². The van der Waals surface area contributed by atoms with E-state index < -0.39 is 0 Å². The standard InChI is InChI=1S/C8H9BrO.H4Si/c1-10-8-4-2-7(6-9)3-5-8;/h2-5H,6H2,1H3;1H4. The second-order valence-electron chi connectivity index (χ2n) is 1.98. The van der Waals surface area contributed by atoms with Crippen LogP contribution in [0.5, 0.6) is 5.75 Å². The van der Waals surface area contributed by atoms with Gasteiger partial charge in [-0.15, -0.1) is 0 Å². The van der Waals surface area contributed by atoms with Crippen molar-refractivity contribution in [3.05, 3.63) is 29.8 Å². The van der Waals surface area contributed by atoms with Gasteiger partial charge in [0.2, 0.25) is 0 Å². The Labute approximate surface area is 79.9 Å². The summed E-state index contributed by atoms with van der Waals surface area (Å²) >= 11 is 3.36. The summed E-state index contributed by atoms with van der Waals surface area (Å²) < 4.78 is 5.00. The Morgan fingerprint density at radius 1 is 1.27 bits per heavy atom. The molecule has 0 aliphatic carbocycles. The van der Waals surface area contributed by atoms with Crippen LogP contribution in [0.3, 0.4) is 0 Å². The summed E-state index contributed by atoms with van der Waals surface area (Å²) in [6.07, 6.45) is 0. The number of methoxy groups -OCH3 is 1. The molecule has 62 valence electrons. The maximum Gasteiger partial charge on any atom is 0.118 e. The van der Waals surface area contributed by atoms with Gasteiger partial charge in [-0.1, -0.05) is 28.1 Å². The van der Waals surface area contributed by atoms with Crippen LogP contribution in [0.25, 0.3) is 0 Å². The number of halogens is 1. The fourth-order valence-electron chi connectivity index (χ4n) is 0.715. The fraction of sp³-hybridized carbons (Fsp3) is 0.250. The molecule has 0 heterocycles. The summed E-state index contributed by atoms with van der Waals surface area (Å²) in [5.74, 6) is 0.907. The van der Waals surface area contributed by atoms with E-state index in [0.29, 0.717) is 0 Å². The van der Waals surface area contributed by atoms with E-state index in [4.69, 9.17) is 4.74 Å². The minimum Gasteiger partial charge on any atom is -0.497 e. The molecule has 0 saturated carbocycles. The molecule has 0 aliphatic rings. The highest BCUT2D eigenvalue weighted by molar-refractivity contribution is 9.08. The van der Waals surface area contributed by atoms with Crippen LogP contribution in [0, 0.1) is 0 Å². The Morgan fingerprint density at radius 3 is 2.18 bits per heavy atom. The highest BCUT2D eigenvalue weighted by Gasteiger charge is 1.89. The van der Waals surface area contributed by atoms with Crippen LogP contribution < -0.4 is 4.74 Å². The van der Waals surface area contributed by atoms with Crippen LogP contribution in [0.2, 0.25) is 0 Å². The maximum atomic E-state index is 5.00. The van der Waals surface area contributed by atoms with Gasteiger partial charge in [-0.3, -0.25) is 0 Å². The average molecular weight is 233 g/mol. The lowest BCUT2D eigenvalue weighted by Crippen LogP contribution is -1.82. The van der Waals surface area contributed by atoms with E-state index in [2.05, 4.69) is 15.9 Å². The zero-order valence-corrected chi connectivity index (χ0v) is 7.39. The van der Waals surface area contributed by atoms with E-state index in [1.807, 2.05) is 24.3 Å². The third-order valence-corrected chi connectivity index (χ3v) is 1.96. The molecule has 0 bridgehead atoms. The maximum absolute atomic E-state index is 5.00. The van der Waals surface area contributed by atoms with E-state index in [1.165, 1.54) is 5.56 Å². The number of ether oxygens (including phenoxy) is 1. The normalized spacial score (nSPS) is 8.55. The van der Waals surface area contributed by atoms with E-state index in [9.17, 15) is 0 Å². The molecule has 0 aromatic heterocycles. The Hall–Kier alpha value is -0.283. The predicted octanol–water partition coefficient (Wildman–Crippen LogP) is 1.14. The molecule has 0 fully saturated rings. The second kappa shape index (κ2) is 5.38. The molecule has 1 aromatic rings. The zero-order valence-electron chi connectivity index (χ0n) is 5.80.